The van der Waals surface area contributed by atoms with Crippen LogP contribution in [0.25, 0.3) is 11.1 Å². The SMILES string of the molecule is CN(C)c1ncc(-c2cccc(F)c2)c([C@H]2CCCN(C(=O)c3ccnn3C)C2)n1. The third-order valence-electron chi connectivity index (χ3n) is 5.48. The van der Waals surface area contributed by atoms with E-state index in [1.807, 2.05) is 30.0 Å². The molecule has 0 radical (unpaired) electrons. The monoisotopic (exact) mass is 408 g/mol. The van der Waals surface area contributed by atoms with Gasteiger partial charge < -0.3 is 9.80 Å². The fourth-order valence-electron chi connectivity index (χ4n) is 3.92. The number of hydrogen-bond donors (Lipinski definition) is 0. The zero-order chi connectivity index (χ0) is 21.3. The summed E-state index contributed by atoms with van der Waals surface area (Å²) in [6, 6.07) is 8.21. The number of hydrogen-bond acceptors (Lipinski definition) is 5. The van der Waals surface area contributed by atoms with Crippen molar-refractivity contribution < 1.29 is 9.18 Å². The van der Waals surface area contributed by atoms with Crippen LogP contribution in [0.2, 0.25) is 0 Å². The predicted octanol–water partition coefficient (Wildman–Crippen LogP) is 3.10. The Morgan fingerprint density at radius 2 is 2.10 bits per heavy atom. The van der Waals surface area contributed by atoms with Crippen LogP contribution in [-0.4, -0.2) is 57.7 Å². The van der Waals surface area contributed by atoms with E-state index in [1.165, 1.54) is 12.1 Å². The van der Waals surface area contributed by atoms with Gasteiger partial charge in [-0.2, -0.15) is 5.10 Å². The minimum Gasteiger partial charge on any atom is -0.347 e. The van der Waals surface area contributed by atoms with Gasteiger partial charge in [-0.05, 0) is 36.6 Å². The van der Waals surface area contributed by atoms with Crippen molar-refractivity contribution in [2.45, 2.75) is 18.8 Å². The fourth-order valence-corrected chi connectivity index (χ4v) is 3.92. The van der Waals surface area contributed by atoms with Crippen molar-refractivity contribution in [3.63, 3.8) is 0 Å². The highest BCUT2D eigenvalue weighted by molar-refractivity contribution is 5.92. The van der Waals surface area contributed by atoms with Crippen molar-refractivity contribution in [2.75, 3.05) is 32.1 Å². The van der Waals surface area contributed by atoms with Crippen LogP contribution in [0.3, 0.4) is 0 Å². The van der Waals surface area contributed by atoms with Gasteiger partial charge in [0.25, 0.3) is 5.91 Å². The second-order valence-corrected chi connectivity index (χ2v) is 7.80. The van der Waals surface area contributed by atoms with Crippen LogP contribution in [0.4, 0.5) is 10.3 Å². The Morgan fingerprint density at radius 1 is 1.27 bits per heavy atom. The molecule has 1 atom stereocenters. The number of benzene rings is 1. The largest absolute Gasteiger partial charge is 0.347 e. The molecule has 1 aliphatic rings. The van der Waals surface area contributed by atoms with E-state index in [2.05, 4.69) is 10.1 Å². The summed E-state index contributed by atoms with van der Waals surface area (Å²) in [7, 11) is 5.55. The summed E-state index contributed by atoms with van der Waals surface area (Å²) in [5.74, 6) is 0.303. The standard InChI is InChI=1S/C22H25FN6O/c1-27(2)22-24-13-18(15-6-4-8-17(23)12-15)20(26-22)16-7-5-11-29(14-16)21(30)19-9-10-25-28(19)3/h4,6,8-10,12-13,16H,5,7,11,14H2,1-3H3/t16-/m0/s1. The fraction of sp³-hybridized carbons (Fsp3) is 0.364. The Kier molecular flexibility index (Phi) is 5.48. The van der Waals surface area contributed by atoms with Gasteiger partial charge in [0, 0.05) is 58.1 Å². The molecule has 8 heteroatoms. The van der Waals surface area contributed by atoms with Crippen LogP contribution in [0, 0.1) is 5.82 Å². The van der Waals surface area contributed by atoms with E-state index in [-0.39, 0.29) is 17.6 Å². The smallest absolute Gasteiger partial charge is 0.272 e. The average molecular weight is 408 g/mol. The molecular weight excluding hydrogens is 383 g/mol. The van der Waals surface area contributed by atoms with Gasteiger partial charge in [-0.15, -0.1) is 0 Å². The predicted molar refractivity (Wildman–Crippen MR) is 113 cm³/mol. The summed E-state index contributed by atoms with van der Waals surface area (Å²) in [5.41, 5.74) is 2.96. The lowest BCUT2D eigenvalue weighted by Crippen LogP contribution is -2.40. The van der Waals surface area contributed by atoms with Crippen LogP contribution in [0.15, 0.2) is 42.7 Å². The number of likely N-dealkylation sites (tertiary alicyclic amines) is 1. The third kappa shape index (κ3) is 3.90. The first-order valence-corrected chi connectivity index (χ1v) is 10.0. The topological polar surface area (TPSA) is 67.2 Å². The first-order chi connectivity index (χ1) is 14.4. The molecule has 156 valence electrons. The highest BCUT2D eigenvalue weighted by atomic mass is 19.1. The molecule has 3 aromatic rings. The Hall–Kier alpha value is -3.29. The van der Waals surface area contributed by atoms with Crippen molar-refractivity contribution in [2.24, 2.45) is 7.05 Å². The Labute approximate surface area is 175 Å². The van der Waals surface area contributed by atoms with E-state index >= 15 is 0 Å². The Morgan fingerprint density at radius 3 is 2.80 bits per heavy atom. The zero-order valence-electron chi connectivity index (χ0n) is 17.4. The summed E-state index contributed by atoms with van der Waals surface area (Å²) in [5, 5.41) is 4.11. The molecule has 1 aliphatic heterocycles. The molecular formula is C22H25FN6O. The molecule has 1 aromatic carbocycles. The van der Waals surface area contributed by atoms with Crippen molar-refractivity contribution in [1.29, 1.82) is 0 Å². The van der Waals surface area contributed by atoms with Crippen LogP contribution < -0.4 is 4.90 Å². The van der Waals surface area contributed by atoms with E-state index in [0.29, 0.717) is 24.7 Å². The van der Waals surface area contributed by atoms with Gasteiger partial charge in [0.2, 0.25) is 5.95 Å². The van der Waals surface area contributed by atoms with Gasteiger partial charge in [-0.25, -0.2) is 14.4 Å². The molecule has 0 aliphatic carbocycles. The maximum atomic E-state index is 13.9. The van der Waals surface area contributed by atoms with Crippen molar-refractivity contribution >= 4 is 11.9 Å². The first-order valence-electron chi connectivity index (χ1n) is 10.0. The van der Waals surface area contributed by atoms with Crippen LogP contribution >= 0.6 is 0 Å². The van der Waals surface area contributed by atoms with Gasteiger partial charge in [0.05, 0.1) is 5.69 Å². The van der Waals surface area contributed by atoms with Gasteiger partial charge in [0.1, 0.15) is 11.5 Å². The summed E-state index contributed by atoms with van der Waals surface area (Å²) in [4.78, 5) is 26.0. The number of carbonyl (C=O) groups is 1. The summed E-state index contributed by atoms with van der Waals surface area (Å²) in [6.07, 6.45) is 5.17. The Balaban J connectivity index is 1.70. The molecule has 4 rings (SSSR count). The van der Waals surface area contributed by atoms with Crippen LogP contribution in [0.5, 0.6) is 0 Å². The number of anilines is 1. The average Bonchev–Trinajstić information content (AvgIpc) is 3.18. The van der Waals surface area contributed by atoms with Crippen molar-refractivity contribution in [3.05, 3.63) is 59.9 Å². The maximum Gasteiger partial charge on any atom is 0.272 e. The Bertz CT molecular complexity index is 1060. The summed E-state index contributed by atoms with van der Waals surface area (Å²) in [6.45, 7) is 1.25. The van der Waals surface area contributed by atoms with Crippen LogP contribution in [-0.2, 0) is 7.05 Å². The van der Waals surface area contributed by atoms with Gasteiger partial charge >= 0.3 is 0 Å². The number of halogens is 1. The second kappa shape index (κ2) is 8.22. The molecule has 0 N–H and O–H groups in total. The number of piperidine rings is 1. The van der Waals surface area contributed by atoms with Gasteiger partial charge in [-0.3, -0.25) is 9.48 Å². The van der Waals surface area contributed by atoms with E-state index in [9.17, 15) is 9.18 Å². The molecule has 7 nitrogen and oxygen atoms in total. The molecule has 0 spiro atoms. The molecule has 1 amide bonds. The molecule has 0 unspecified atom stereocenters. The van der Waals surface area contributed by atoms with Gasteiger partial charge in [-0.1, -0.05) is 12.1 Å². The highest BCUT2D eigenvalue weighted by Gasteiger charge is 2.29. The molecule has 0 saturated carbocycles. The minimum atomic E-state index is -0.299. The highest BCUT2D eigenvalue weighted by Crippen LogP contribution is 2.34. The number of aromatic nitrogens is 4. The van der Waals surface area contributed by atoms with Crippen molar-refractivity contribution in [3.8, 4) is 11.1 Å². The van der Waals surface area contributed by atoms with Gasteiger partial charge in [0.15, 0.2) is 0 Å². The normalized spacial score (nSPS) is 16.5. The molecule has 3 heterocycles. The number of carbonyl (C=O) groups excluding carboxylic acids is 1. The van der Waals surface area contributed by atoms with E-state index in [1.54, 1.807) is 36.3 Å². The number of nitrogens with zero attached hydrogens (tertiary/aromatic N) is 6. The molecule has 0 bridgehead atoms. The molecule has 1 saturated heterocycles. The zero-order valence-corrected chi connectivity index (χ0v) is 17.4. The quantitative estimate of drug-likeness (QED) is 0.664. The second-order valence-electron chi connectivity index (χ2n) is 7.80. The number of rotatable bonds is 4. The minimum absolute atomic E-state index is 0.0334. The van der Waals surface area contributed by atoms with E-state index < -0.39 is 0 Å². The lowest BCUT2D eigenvalue weighted by molar-refractivity contribution is 0.0695. The summed E-state index contributed by atoms with van der Waals surface area (Å²) < 4.78 is 15.5. The molecule has 1 fully saturated rings. The van der Waals surface area contributed by atoms with Crippen LogP contribution in [0.1, 0.15) is 34.9 Å². The molecule has 30 heavy (non-hydrogen) atoms. The lowest BCUT2D eigenvalue weighted by Gasteiger charge is -2.33. The third-order valence-corrected chi connectivity index (χ3v) is 5.48. The lowest BCUT2D eigenvalue weighted by atomic mass is 9.89. The van der Waals surface area contributed by atoms with E-state index in [4.69, 9.17) is 4.98 Å². The van der Waals surface area contributed by atoms with Crippen molar-refractivity contribution in [1.82, 2.24) is 24.6 Å². The molecule has 2 aromatic heterocycles. The number of amides is 1. The number of aryl methyl sites for hydroxylation is 1. The summed E-state index contributed by atoms with van der Waals surface area (Å²) >= 11 is 0. The first kappa shape index (κ1) is 20.0. The van der Waals surface area contributed by atoms with E-state index in [0.717, 1.165) is 29.7 Å². The maximum absolute atomic E-state index is 13.9.